The maximum atomic E-state index is 13.9. The molecule has 278 valence electrons. The molecule has 0 aliphatic carbocycles. The van der Waals surface area contributed by atoms with Gasteiger partial charge in [0.05, 0.1) is 19.1 Å². The molecule has 2 aromatic rings. The third kappa shape index (κ3) is 11.6. The van der Waals surface area contributed by atoms with Gasteiger partial charge < -0.3 is 42.1 Å². The number of aliphatic hydroxyl groups is 2. The van der Waals surface area contributed by atoms with E-state index in [1.54, 1.807) is 81.4 Å². The van der Waals surface area contributed by atoms with Gasteiger partial charge in [-0.3, -0.25) is 28.8 Å². The highest BCUT2D eigenvalue weighted by atomic mass is 16.3. The van der Waals surface area contributed by atoms with Crippen molar-refractivity contribution < 1.29 is 39.0 Å². The van der Waals surface area contributed by atoms with E-state index >= 15 is 0 Å². The third-order valence-corrected chi connectivity index (χ3v) is 9.20. The number of rotatable bonds is 18. The molecular weight excluding hydrogens is 656 g/mol. The first-order valence-electron chi connectivity index (χ1n) is 17.4. The second-order valence-corrected chi connectivity index (χ2v) is 13.4. The van der Waals surface area contributed by atoms with Crippen LogP contribution in [0.15, 0.2) is 60.7 Å². The van der Waals surface area contributed by atoms with Gasteiger partial charge in [-0.1, -0.05) is 94.8 Å². The van der Waals surface area contributed by atoms with Gasteiger partial charge in [0.25, 0.3) is 5.91 Å². The third-order valence-electron chi connectivity index (χ3n) is 9.20. The summed E-state index contributed by atoms with van der Waals surface area (Å²) >= 11 is 0. The topological polar surface area (TPSA) is 220 Å². The first kappa shape index (κ1) is 40.6. The van der Waals surface area contributed by atoms with Crippen molar-refractivity contribution in [3.05, 3.63) is 71.8 Å². The van der Waals surface area contributed by atoms with Crippen LogP contribution in [0, 0.1) is 11.8 Å². The summed E-state index contributed by atoms with van der Waals surface area (Å²) in [6.07, 6.45) is -0.573. The second kappa shape index (κ2) is 19.5. The highest BCUT2D eigenvalue weighted by molar-refractivity contribution is 5.95. The average molecular weight is 709 g/mol. The lowest BCUT2D eigenvalue weighted by molar-refractivity contribution is -0.147. The van der Waals surface area contributed by atoms with E-state index in [9.17, 15) is 39.0 Å². The summed E-state index contributed by atoms with van der Waals surface area (Å²) in [5.41, 5.74) is 6.89. The molecule has 0 unspecified atom stereocenters. The first-order valence-corrected chi connectivity index (χ1v) is 17.4. The standard InChI is InChI=1S/C37H52N6O8/c1-5-23(4)31(36(50)41-30(22(2)3)33(38)47)42-35(49)28-17-12-18-43(28)37(51)32(46)26(19-24-13-8-6-9-14-24)40-34(48)27(21-44)39-29(45)20-25-15-10-7-11-16-25/h6-11,13-16,22-23,26-28,30-32,44,46H,5,12,17-21H2,1-4H3,(H2,38,47)(H,39,45)(H,40,48)(H,41,50)(H,42,49)/t23-,26-,27-,28-,30-,31-,32+/m0/s1. The van der Waals surface area contributed by atoms with Crippen LogP contribution in [0.4, 0.5) is 0 Å². The van der Waals surface area contributed by atoms with Gasteiger partial charge in [0.15, 0.2) is 6.10 Å². The Kier molecular flexibility index (Phi) is 15.6. The van der Waals surface area contributed by atoms with Crippen molar-refractivity contribution in [1.82, 2.24) is 26.2 Å². The van der Waals surface area contributed by atoms with Gasteiger partial charge in [-0.05, 0) is 42.2 Å². The Morgan fingerprint density at radius 3 is 2.00 bits per heavy atom. The number of carbonyl (C=O) groups is 6. The number of nitrogens with zero attached hydrogens (tertiary/aromatic N) is 1. The monoisotopic (exact) mass is 708 g/mol. The van der Waals surface area contributed by atoms with E-state index in [1.165, 1.54) is 4.90 Å². The maximum Gasteiger partial charge on any atom is 0.254 e. The van der Waals surface area contributed by atoms with Gasteiger partial charge in [0.1, 0.15) is 24.2 Å². The minimum atomic E-state index is -1.81. The molecule has 6 amide bonds. The van der Waals surface area contributed by atoms with Gasteiger partial charge in [-0.2, -0.15) is 0 Å². The highest BCUT2D eigenvalue weighted by Crippen LogP contribution is 2.21. The zero-order valence-electron chi connectivity index (χ0n) is 29.7. The molecule has 14 nitrogen and oxygen atoms in total. The summed E-state index contributed by atoms with van der Waals surface area (Å²) in [4.78, 5) is 80.1. The fourth-order valence-corrected chi connectivity index (χ4v) is 6.02. The van der Waals surface area contributed by atoms with E-state index < -0.39 is 78.4 Å². The highest BCUT2D eigenvalue weighted by Gasteiger charge is 2.41. The average Bonchev–Trinajstić information content (AvgIpc) is 3.61. The van der Waals surface area contributed by atoms with E-state index in [0.29, 0.717) is 24.0 Å². The normalized spacial score (nSPS) is 17.7. The Morgan fingerprint density at radius 1 is 0.843 bits per heavy atom. The number of hydrogen-bond donors (Lipinski definition) is 7. The molecule has 1 aliphatic heterocycles. The molecule has 1 aliphatic rings. The lowest BCUT2D eigenvalue weighted by Gasteiger charge is -2.32. The summed E-state index contributed by atoms with van der Waals surface area (Å²) in [6, 6.07) is 12.2. The molecule has 51 heavy (non-hydrogen) atoms. The number of hydrogen-bond acceptors (Lipinski definition) is 8. The molecule has 1 heterocycles. The lowest BCUT2D eigenvalue weighted by Crippen LogP contribution is -2.60. The number of nitrogens with two attached hydrogens (primary N) is 1. The van der Waals surface area contributed by atoms with Crippen LogP contribution < -0.4 is 27.0 Å². The molecule has 0 radical (unpaired) electrons. The van der Waals surface area contributed by atoms with Crippen LogP contribution in [0.1, 0.15) is 58.1 Å². The summed E-state index contributed by atoms with van der Waals surface area (Å²) in [6.45, 7) is 6.52. The minimum Gasteiger partial charge on any atom is -0.394 e. The molecule has 8 N–H and O–H groups in total. The number of nitrogens with one attached hydrogen (secondary N) is 4. The molecule has 1 saturated heterocycles. The molecule has 0 spiro atoms. The maximum absolute atomic E-state index is 13.9. The Bertz CT molecular complexity index is 1490. The molecule has 0 bridgehead atoms. The fourth-order valence-electron chi connectivity index (χ4n) is 6.02. The van der Waals surface area contributed by atoms with Gasteiger partial charge >= 0.3 is 0 Å². The van der Waals surface area contributed by atoms with E-state index in [2.05, 4.69) is 21.3 Å². The molecule has 1 fully saturated rings. The minimum absolute atomic E-state index is 0.0213. The fraction of sp³-hybridized carbons (Fsp3) is 0.514. The number of benzene rings is 2. The second-order valence-electron chi connectivity index (χ2n) is 13.4. The lowest BCUT2D eigenvalue weighted by atomic mass is 9.96. The number of likely N-dealkylation sites (tertiary alicyclic amines) is 1. The van der Waals surface area contributed by atoms with Crippen molar-refractivity contribution >= 4 is 35.4 Å². The van der Waals surface area contributed by atoms with E-state index in [0.717, 1.165) is 0 Å². The molecule has 0 aromatic heterocycles. The van der Waals surface area contributed by atoms with Crippen molar-refractivity contribution in [3.63, 3.8) is 0 Å². The zero-order valence-corrected chi connectivity index (χ0v) is 29.7. The summed E-state index contributed by atoms with van der Waals surface area (Å²) in [5, 5.41) is 32.0. The van der Waals surface area contributed by atoms with Crippen LogP contribution in [0.2, 0.25) is 0 Å². The predicted molar refractivity (Wildman–Crippen MR) is 189 cm³/mol. The number of aliphatic hydroxyl groups excluding tert-OH is 2. The van der Waals surface area contributed by atoms with Crippen LogP contribution in [0.3, 0.4) is 0 Å². The number of carbonyl (C=O) groups excluding carboxylic acids is 6. The Labute approximate surface area is 298 Å². The molecule has 14 heteroatoms. The van der Waals surface area contributed by atoms with Crippen LogP contribution in [-0.2, 0) is 41.6 Å². The molecular formula is C37H52N6O8. The van der Waals surface area contributed by atoms with Gasteiger partial charge in [-0.15, -0.1) is 0 Å². The van der Waals surface area contributed by atoms with Gasteiger partial charge in [0, 0.05) is 6.54 Å². The molecule has 0 saturated carbocycles. The van der Waals surface area contributed by atoms with Crippen LogP contribution in [-0.4, -0.2) is 100 Å². The van der Waals surface area contributed by atoms with Gasteiger partial charge in [-0.25, -0.2) is 0 Å². The van der Waals surface area contributed by atoms with E-state index in [-0.39, 0.29) is 37.6 Å². The van der Waals surface area contributed by atoms with Crippen molar-refractivity contribution in [3.8, 4) is 0 Å². The van der Waals surface area contributed by atoms with Gasteiger partial charge in [0.2, 0.25) is 29.5 Å². The SMILES string of the molecule is CC[C@H](C)[C@H](NC(=O)[C@@H]1CCCN1C(=O)[C@H](O)[C@H](Cc1ccccc1)NC(=O)[C@H](CO)NC(=O)Cc1ccccc1)C(=O)N[C@H](C(N)=O)C(C)C. The van der Waals surface area contributed by atoms with Crippen LogP contribution in [0.5, 0.6) is 0 Å². The van der Waals surface area contributed by atoms with Crippen molar-refractivity contribution in [2.24, 2.45) is 17.6 Å². The van der Waals surface area contributed by atoms with E-state index in [4.69, 9.17) is 5.73 Å². The largest absolute Gasteiger partial charge is 0.394 e. The number of amides is 6. The molecule has 2 aromatic carbocycles. The quantitative estimate of drug-likeness (QED) is 0.111. The molecule has 3 rings (SSSR count). The van der Waals surface area contributed by atoms with Crippen LogP contribution in [0.25, 0.3) is 0 Å². The van der Waals surface area contributed by atoms with Crippen molar-refractivity contribution in [1.29, 1.82) is 0 Å². The smallest absolute Gasteiger partial charge is 0.254 e. The van der Waals surface area contributed by atoms with Crippen molar-refractivity contribution in [2.45, 2.75) is 96.1 Å². The Hall–Kier alpha value is -4.82. The van der Waals surface area contributed by atoms with Crippen molar-refractivity contribution in [2.75, 3.05) is 13.2 Å². The Balaban J connectivity index is 1.77. The summed E-state index contributed by atoms with van der Waals surface area (Å²) in [7, 11) is 0. The summed E-state index contributed by atoms with van der Waals surface area (Å²) < 4.78 is 0. The first-order chi connectivity index (χ1) is 24.3. The van der Waals surface area contributed by atoms with E-state index in [1.807, 2.05) is 6.92 Å². The Morgan fingerprint density at radius 2 is 1.45 bits per heavy atom. The molecule has 7 atom stereocenters. The predicted octanol–water partition coefficient (Wildman–Crippen LogP) is -0.0574. The summed E-state index contributed by atoms with van der Waals surface area (Å²) in [5.74, 6) is -4.61. The van der Waals surface area contributed by atoms with Crippen LogP contribution >= 0.6 is 0 Å². The number of primary amides is 1. The zero-order chi connectivity index (χ0) is 37.7.